The molecule has 0 spiro atoms. The van der Waals surface area contributed by atoms with Crippen molar-refractivity contribution in [3.63, 3.8) is 0 Å². The average Bonchev–Trinajstić information content (AvgIpc) is 1.92. The van der Waals surface area contributed by atoms with Gasteiger partial charge in [-0.05, 0) is 18.4 Å². The van der Waals surface area contributed by atoms with E-state index >= 15 is 0 Å². The van der Waals surface area contributed by atoms with Crippen LogP contribution in [0.3, 0.4) is 0 Å². The Balaban J connectivity index is 2.48. The van der Waals surface area contributed by atoms with Gasteiger partial charge in [0.1, 0.15) is 0 Å². The fraction of sp³-hybridized carbons (Fsp3) is 1.00. The van der Waals surface area contributed by atoms with Gasteiger partial charge >= 0.3 is 0 Å². The van der Waals surface area contributed by atoms with Gasteiger partial charge in [0.15, 0.2) is 0 Å². The van der Waals surface area contributed by atoms with E-state index in [1.165, 1.54) is 6.42 Å². The molecule has 12 heavy (non-hydrogen) atoms. The lowest BCUT2D eigenvalue weighted by atomic mass is 9.80. The fourth-order valence-corrected chi connectivity index (χ4v) is 1.88. The van der Waals surface area contributed by atoms with Crippen LogP contribution in [-0.2, 0) is 0 Å². The Kier molecular flexibility index (Phi) is 3.13. The summed E-state index contributed by atoms with van der Waals surface area (Å²) in [6, 6.07) is 1.28. The molecule has 1 saturated heterocycles. The van der Waals surface area contributed by atoms with E-state index in [-0.39, 0.29) is 0 Å². The van der Waals surface area contributed by atoms with Crippen LogP contribution in [0.5, 0.6) is 0 Å². The van der Waals surface area contributed by atoms with E-state index in [1.54, 1.807) is 0 Å². The number of hydrogen-bond donors (Lipinski definition) is 2. The minimum absolute atomic E-state index is 0.405. The van der Waals surface area contributed by atoms with Crippen LogP contribution in [0, 0.1) is 5.41 Å². The highest BCUT2D eigenvalue weighted by Gasteiger charge is 2.31. The van der Waals surface area contributed by atoms with Gasteiger partial charge in [-0.25, -0.2) is 0 Å². The standard InChI is InChI=1S/C10H22N2/c1-8(2)12-9-5-6-11-7-10(9,3)4/h8-9,11-12H,5-7H2,1-4H3/t9-/m1/s1. The normalized spacial score (nSPS) is 29.2. The maximum Gasteiger partial charge on any atom is 0.0145 e. The van der Waals surface area contributed by atoms with Crippen LogP contribution in [0.15, 0.2) is 0 Å². The highest BCUT2D eigenvalue weighted by Crippen LogP contribution is 2.25. The number of hydrogen-bond acceptors (Lipinski definition) is 2. The molecule has 2 heteroatoms. The molecule has 0 radical (unpaired) electrons. The molecule has 2 N–H and O–H groups in total. The molecule has 1 heterocycles. The first-order valence-electron chi connectivity index (χ1n) is 4.99. The zero-order valence-corrected chi connectivity index (χ0v) is 8.78. The predicted molar refractivity (Wildman–Crippen MR) is 53.3 cm³/mol. The molecule has 0 aromatic carbocycles. The zero-order valence-electron chi connectivity index (χ0n) is 8.78. The molecule has 72 valence electrons. The highest BCUT2D eigenvalue weighted by molar-refractivity contribution is 4.90. The van der Waals surface area contributed by atoms with E-state index in [0.29, 0.717) is 17.5 Å². The van der Waals surface area contributed by atoms with Crippen molar-refractivity contribution in [3.8, 4) is 0 Å². The second-order valence-electron chi connectivity index (χ2n) is 4.83. The smallest absolute Gasteiger partial charge is 0.0145 e. The van der Waals surface area contributed by atoms with Crippen LogP contribution in [0.1, 0.15) is 34.1 Å². The number of nitrogens with one attached hydrogen (secondary N) is 2. The van der Waals surface area contributed by atoms with Crippen molar-refractivity contribution in [2.45, 2.75) is 46.2 Å². The van der Waals surface area contributed by atoms with Gasteiger partial charge in [-0.3, -0.25) is 0 Å². The molecule has 0 bridgehead atoms. The Morgan fingerprint density at radius 1 is 1.42 bits per heavy atom. The van der Waals surface area contributed by atoms with Gasteiger partial charge in [-0.15, -0.1) is 0 Å². The van der Waals surface area contributed by atoms with Crippen molar-refractivity contribution in [3.05, 3.63) is 0 Å². The van der Waals surface area contributed by atoms with E-state index in [9.17, 15) is 0 Å². The third-order valence-corrected chi connectivity index (χ3v) is 2.67. The van der Waals surface area contributed by atoms with Crippen LogP contribution >= 0.6 is 0 Å². The topological polar surface area (TPSA) is 24.1 Å². The van der Waals surface area contributed by atoms with Crippen molar-refractivity contribution < 1.29 is 0 Å². The van der Waals surface area contributed by atoms with E-state index in [4.69, 9.17) is 0 Å². The summed E-state index contributed by atoms with van der Waals surface area (Å²) in [5.74, 6) is 0. The second-order valence-corrected chi connectivity index (χ2v) is 4.83. The van der Waals surface area contributed by atoms with E-state index < -0.39 is 0 Å². The first kappa shape index (κ1) is 10.0. The third-order valence-electron chi connectivity index (χ3n) is 2.67. The Hall–Kier alpha value is -0.0800. The van der Waals surface area contributed by atoms with Crippen LogP contribution in [0.4, 0.5) is 0 Å². The lowest BCUT2D eigenvalue weighted by Crippen LogP contribution is -2.54. The SMILES string of the molecule is CC(C)N[C@@H]1CCNCC1(C)C. The molecule has 1 rings (SSSR count). The monoisotopic (exact) mass is 170 g/mol. The summed E-state index contributed by atoms with van der Waals surface area (Å²) < 4.78 is 0. The summed E-state index contributed by atoms with van der Waals surface area (Å²) in [6.45, 7) is 11.4. The Bertz CT molecular complexity index is 141. The largest absolute Gasteiger partial charge is 0.316 e. The van der Waals surface area contributed by atoms with Crippen molar-refractivity contribution in [1.29, 1.82) is 0 Å². The minimum atomic E-state index is 0.405. The summed E-state index contributed by atoms with van der Waals surface area (Å²) in [5.41, 5.74) is 0.405. The van der Waals surface area contributed by atoms with Gasteiger partial charge in [0.2, 0.25) is 0 Å². The number of rotatable bonds is 2. The van der Waals surface area contributed by atoms with Gasteiger partial charge in [0.05, 0.1) is 0 Å². The van der Waals surface area contributed by atoms with E-state index in [0.717, 1.165) is 13.1 Å². The summed E-state index contributed by atoms with van der Waals surface area (Å²) in [4.78, 5) is 0. The average molecular weight is 170 g/mol. The molecule has 2 nitrogen and oxygen atoms in total. The molecular weight excluding hydrogens is 148 g/mol. The maximum atomic E-state index is 3.63. The van der Waals surface area contributed by atoms with Crippen molar-refractivity contribution in [2.75, 3.05) is 13.1 Å². The van der Waals surface area contributed by atoms with Gasteiger partial charge in [0.25, 0.3) is 0 Å². The molecule has 1 aliphatic rings. The summed E-state index contributed by atoms with van der Waals surface area (Å²) in [7, 11) is 0. The van der Waals surface area contributed by atoms with Crippen LogP contribution in [-0.4, -0.2) is 25.2 Å². The molecule has 0 amide bonds. The fourth-order valence-electron chi connectivity index (χ4n) is 1.88. The van der Waals surface area contributed by atoms with Crippen molar-refractivity contribution in [1.82, 2.24) is 10.6 Å². The quantitative estimate of drug-likeness (QED) is 0.654. The summed E-state index contributed by atoms with van der Waals surface area (Å²) in [6.07, 6.45) is 1.26. The molecule has 1 atom stereocenters. The summed E-state index contributed by atoms with van der Waals surface area (Å²) >= 11 is 0. The molecule has 1 aliphatic heterocycles. The molecule has 0 aromatic heterocycles. The molecule has 0 aromatic rings. The van der Waals surface area contributed by atoms with Gasteiger partial charge < -0.3 is 10.6 Å². The van der Waals surface area contributed by atoms with Gasteiger partial charge in [-0.1, -0.05) is 27.7 Å². The molecule has 1 fully saturated rings. The minimum Gasteiger partial charge on any atom is -0.316 e. The molecular formula is C10H22N2. The van der Waals surface area contributed by atoms with Crippen LogP contribution in [0.25, 0.3) is 0 Å². The highest BCUT2D eigenvalue weighted by atomic mass is 15.0. The van der Waals surface area contributed by atoms with Gasteiger partial charge in [-0.2, -0.15) is 0 Å². The first-order chi connectivity index (χ1) is 5.52. The maximum absolute atomic E-state index is 3.63. The number of piperidine rings is 1. The predicted octanol–water partition coefficient (Wildman–Crippen LogP) is 1.37. The van der Waals surface area contributed by atoms with Crippen molar-refractivity contribution in [2.24, 2.45) is 5.41 Å². The molecule has 0 aliphatic carbocycles. The summed E-state index contributed by atoms with van der Waals surface area (Å²) in [5, 5.41) is 7.07. The van der Waals surface area contributed by atoms with Crippen molar-refractivity contribution >= 4 is 0 Å². The molecule has 0 unspecified atom stereocenters. The van der Waals surface area contributed by atoms with E-state index in [1.807, 2.05) is 0 Å². The molecule has 0 saturated carbocycles. The third kappa shape index (κ3) is 2.46. The van der Waals surface area contributed by atoms with E-state index in [2.05, 4.69) is 38.3 Å². The first-order valence-corrected chi connectivity index (χ1v) is 4.99. The Morgan fingerprint density at radius 2 is 2.08 bits per heavy atom. The second kappa shape index (κ2) is 3.75. The van der Waals surface area contributed by atoms with Crippen LogP contribution in [0.2, 0.25) is 0 Å². The van der Waals surface area contributed by atoms with Crippen LogP contribution < -0.4 is 10.6 Å². The lowest BCUT2D eigenvalue weighted by molar-refractivity contribution is 0.176. The zero-order chi connectivity index (χ0) is 9.19. The Morgan fingerprint density at radius 3 is 2.58 bits per heavy atom. The van der Waals surface area contributed by atoms with Gasteiger partial charge in [0, 0.05) is 18.6 Å². The lowest BCUT2D eigenvalue weighted by Gasteiger charge is -2.40. The Labute approximate surface area is 76.1 Å².